The van der Waals surface area contributed by atoms with Crippen LogP contribution >= 0.6 is 0 Å². The first kappa shape index (κ1) is 18.4. The summed E-state index contributed by atoms with van der Waals surface area (Å²) < 4.78 is 11.6. The van der Waals surface area contributed by atoms with Gasteiger partial charge in [-0.2, -0.15) is 0 Å². The molecule has 152 valence electrons. The van der Waals surface area contributed by atoms with Gasteiger partial charge in [0.25, 0.3) is 0 Å². The molecule has 0 radical (unpaired) electrons. The lowest BCUT2D eigenvalue weighted by molar-refractivity contribution is -0.236. The van der Waals surface area contributed by atoms with Crippen molar-refractivity contribution in [3.05, 3.63) is 0 Å². The Morgan fingerprint density at radius 3 is 2.59 bits per heavy atom. The molecule has 1 saturated heterocycles. The molecule has 0 unspecified atom stereocenters. The van der Waals surface area contributed by atoms with Crippen molar-refractivity contribution in [2.24, 2.45) is 34.0 Å². The lowest BCUT2D eigenvalue weighted by atomic mass is 9.40. The van der Waals surface area contributed by atoms with Crippen molar-refractivity contribution in [2.75, 3.05) is 13.2 Å². The standard InChI is InChI=1S/C22H34O5/c1-13(24)27-18-6-7-19(2)15-5-4-14-9-21(15,10-22(14)12-26-22)17(25)8-16(19)20(18,3)11-23/h14-18,23,25H,4-12H2,1-3H3/t14-,15-,16+,17-,18+,19-,20+,21-,22-/m0/s1. The van der Waals surface area contributed by atoms with Crippen LogP contribution < -0.4 is 0 Å². The van der Waals surface area contributed by atoms with Gasteiger partial charge in [-0.05, 0) is 68.1 Å². The van der Waals surface area contributed by atoms with Gasteiger partial charge in [-0.3, -0.25) is 4.79 Å². The van der Waals surface area contributed by atoms with Crippen LogP contribution in [0.1, 0.15) is 65.7 Å². The van der Waals surface area contributed by atoms with Crippen LogP contribution in [0.15, 0.2) is 0 Å². The molecule has 2 bridgehead atoms. The fourth-order valence-electron chi connectivity index (χ4n) is 8.55. The van der Waals surface area contributed by atoms with Gasteiger partial charge in [0.1, 0.15) is 6.10 Å². The average Bonchev–Trinajstić information content (AvgIpc) is 3.35. The van der Waals surface area contributed by atoms with Gasteiger partial charge in [0.15, 0.2) is 0 Å². The van der Waals surface area contributed by atoms with Crippen LogP contribution in [0, 0.1) is 34.0 Å². The second-order valence-corrected chi connectivity index (χ2v) is 10.9. The van der Waals surface area contributed by atoms with E-state index in [1.165, 1.54) is 13.3 Å². The maximum absolute atomic E-state index is 11.7. The van der Waals surface area contributed by atoms with E-state index in [9.17, 15) is 15.0 Å². The quantitative estimate of drug-likeness (QED) is 0.570. The van der Waals surface area contributed by atoms with Gasteiger partial charge >= 0.3 is 5.97 Å². The van der Waals surface area contributed by atoms with Crippen LogP contribution in [-0.2, 0) is 14.3 Å². The van der Waals surface area contributed by atoms with Crippen molar-refractivity contribution in [1.29, 1.82) is 0 Å². The number of fused-ring (bicyclic) bond motifs is 4. The van der Waals surface area contributed by atoms with Crippen molar-refractivity contribution in [3.8, 4) is 0 Å². The second kappa shape index (κ2) is 5.48. The predicted octanol–water partition coefficient (Wildman–Crippen LogP) is 2.67. The van der Waals surface area contributed by atoms with Crippen LogP contribution in [0.3, 0.4) is 0 Å². The van der Waals surface area contributed by atoms with E-state index in [-0.39, 0.29) is 47.1 Å². The first-order valence-electron chi connectivity index (χ1n) is 10.8. The number of aliphatic hydroxyl groups is 2. The molecule has 4 aliphatic carbocycles. The van der Waals surface area contributed by atoms with Gasteiger partial charge in [0, 0.05) is 17.8 Å². The van der Waals surface area contributed by atoms with Crippen LogP contribution in [0.5, 0.6) is 0 Å². The SMILES string of the molecule is CC(=O)O[C@@H]1CC[C@]2(C)[C@@H](C[C@H](O)[C@]34C[C@H](CC[C@@H]23)[C@@]2(CO2)C4)[C@@]1(C)CO. The zero-order valence-corrected chi connectivity index (χ0v) is 16.9. The molecular weight excluding hydrogens is 344 g/mol. The van der Waals surface area contributed by atoms with Gasteiger partial charge in [-0.15, -0.1) is 0 Å². The number of aliphatic hydroxyl groups excluding tert-OH is 2. The maximum Gasteiger partial charge on any atom is 0.302 e. The Hall–Kier alpha value is -0.650. The van der Waals surface area contributed by atoms with Crippen LogP contribution in [-0.4, -0.2) is 47.2 Å². The minimum absolute atomic E-state index is 0.00663. The topological polar surface area (TPSA) is 79.3 Å². The van der Waals surface area contributed by atoms with Crippen LogP contribution in [0.25, 0.3) is 0 Å². The molecule has 5 fully saturated rings. The molecule has 0 amide bonds. The summed E-state index contributed by atoms with van der Waals surface area (Å²) in [4.78, 5) is 11.7. The summed E-state index contributed by atoms with van der Waals surface area (Å²) in [5, 5.41) is 21.8. The van der Waals surface area contributed by atoms with Crippen molar-refractivity contribution < 1.29 is 24.5 Å². The summed E-state index contributed by atoms with van der Waals surface area (Å²) in [7, 11) is 0. The summed E-state index contributed by atoms with van der Waals surface area (Å²) in [6.07, 6.45) is 6.35. The number of hydrogen-bond acceptors (Lipinski definition) is 5. The number of carbonyl (C=O) groups is 1. The monoisotopic (exact) mass is 378 g/mol. The zero-order chi connectivity index (χ0) is 19.2. The Bertz CT molecular complexity index is 659. The van der Waals surface area contributed by atoms with Crippen LogP contribution in [0.4, 0.5) is 0 Å². The number of rotatable bonds is 2. The molecule has 0 aromatic heterocycles. The normalized spacial score (nSPS) is 58.5. The molecule has 0 aromatic carbocycles. The first-order chi connectivity index (χ1) is 12.7. The molecule has 2 spiro atoms. The molecule has 1 aliphatic heterocycles. The highest BCUT2D eigenvalue weighted by molar-refractivity contribution is 5.66. The summed E-state index contributed by atoms with van der Waals surface area (Å²) in [6.45, 7) is 6.78. The van der Waals surface area contributed by atoms with E-state index in [0.29, 0.717) is 18.3 Å². The molecule has 9 atom stereocenters. The molecule has 27 heavy (non-hydrogen) atoms. The number of epoxide rings is 1. The Morgan fingerprint density at radius 2 is 1.96 bits per heavy atom. The molecule has 5 heteroatoms. The summed E-state index contributed by atoms with van der Waals surface area (Å²) >= 11 is 0. The Kier molecular flexibility index (Phi) is 3.73. The third-order valence-corrected chi connectivity index (χ3v) is 9.85. The molecule has 1 heterocycles. The van der Waals surface area contributed by atoms with E-state index in [4.69, 9.17) is 9.47 Å². The van der Waals surface area contributed by atoms with E-state index in [1.54, 1.807) is 0 Å². The molecule has 5 aliphatic rings. The molecule has 5 rings (SSSR count). The highest BCUT2D eigenvalue weighted by Gasteiger charge is 2.74. The van der Waals surface area contributed by atoms with E-state index >= 15 is 0 Å². The molecular formula is C22H34O5. The fourth-order valence-corrected chi connectivity index (χ4v) is 8.55. The summed E-state index contributed by atoms with van der Waals surface area (Å²) in [6, 6.07) is 0. The molecule has 4 saturated carbocycles. The maximum atomic E-state index is 11.7. The number of esters is 1. The third-order valence-electron chi connectivity index (χ3n) is 9.85. The van der Waals surface area contributed by atoms with Gasteiger partial charge in [0.05, 0.1) is 24.9 Å². The molecule has 2 N–H and O–H groups in total. The van der Waals surface area contributed by atoms with E-state index in [0.717, 1.165) is 38.7 Å². The highest BCUT2D eigenvalue weighted by Crippen LogP contribution is 2.75. The Labute approximate surface area is 161 Å². The van der Waals surface area contributed by atoms with Crippen molar-refractivity contribution >= 4 is 5.97 Å². The third kappa shape index (κ3) is 2.20. The van der Waals surface area contributed by atoms with E-state index in [2.05, 4.69) is 13.8 Å². The van der Waals surface area contributed by atoms with Gasteiger partial charge in [0.2, 0.25) is 0 Å². The Morgan fingerprint density at radius 1 is 1.22 bits per heavy atom. The van der Waals surface area contributed by atoms with E-state index < -0.39 is 5.41 Å². The van der Waals surface area contributed by atoms with Gasteiger partial charge < -0.3 is 19.7 Å². The van der Waals surface area contributed by atoms with Gasteiger partial charge in [-0.1, -0.05) is 13.8 Å². The van der Waals surface area contributed by atoms with Gasteiger partial charge in [-0.25, -0.2) is 0 Å². The average molecular weight is 379 g/mol. The minimum Gasteiger partial charge on any atom is -0.462 e. The fraction of sp³-hybridized carbons (Fsp3) is 0.955. The predicted molar refractivity (Wildman–Crippen MR) is 98.8 cm³/mol. The minimum atomic E-state index is -0.496. The number of hydrogen-bond donors (Lipinski definition) is 2. The lowest BCUT2D eigenvalue weighted by Crippen LogP contribution is -2.65. The van der Waals surface area contributed by atoms with Crippen LogP contribution in [0.2, 0.25) is 0 Å². The molecule has 5 nitrogen and oxygen atoms in total. The van der Waals surface area contributed by atoms with Crippen molar-refractivity contribution in [1.82, 2.24) is 0 Å². The van der Waals surface area contributed by atoms with Crippen molar-refractivity contribution in [3.63, 3.8) is 0 Å². The molecule has 0 aromatic rings. The Balaban J connectivity index is 1.53. The zero-order valence-electron chi connectivity index (χ0n) is 16.9. The van der Waals surface area contributed by atoms with Crippen molar-refractivity contribution in [2.45, 2.75) is 83.5 Å². The first-order valence-corrected chi connectivity index (χ1v) is 10.8. The lowest BCUT2D eigenvalue weighted by Gasteiger charge is -2.66. The number of ether oxygens (including phenoxy) is 2. The summed E-state index contributed by atoms with van der Waals surface area (Å²) in [5.74, 6) is 0.958. The smallest absolute Gasteiger partial charge is 0.302 e. The highest BCUT2D eigenvalue weighted by atomic mass is 16.6. The van der Waals surface area contributed by atoms with E-state index in [1.807, 2.05) is 0 Å². The second-order valence-electron chi connectivity index (χ2n) is 10.9. The summed E-state index contributed by atoms with van der Waals surface area (Å²) in [5.41, 5.74) is -0.382. The number of carbonyl (C=O) groups excluding carboxylic acids is 1. The largest absolute Gasteiger partial charge is 0.462 e.